The lowest BCUT2D eigenvalue weighted by molar-refractivity contribution is -0.148. The number of nitrogens with zero attached hydrogens (tertiary/aromatic N) is 1. The number of rotatable bonds is 6. The molecule has 1 saturated heterocycles. The van der Waals surface area contributed by atoms with Crippen LogP contribution in [0.2, 0.25) is 0 Å². The van der Waals surface area contributed by atoms with Crippen molar-refractivity contribution in [2.75, 3.05) is 33.9 Å². The minimum absolute atomic E-state index is 0.00760. The summed E-state index contributed by atoms with van der Waals surface area (Å²) in [4.78, 5) is 14.9. The normalized spacial score (nSPS) is 21.5. The smallest absolute Gasteiger partial charge is 0.253 e. The molecule has 2 atom stereocenters. The molecule has 1 aromatic rings. The van der Waals surface area contributed by atoms with Gasteiger partial charge in [0.15, 0.2) is 11.5 Å². The molecule has 1 heterocycles. The van der Waals surface area contributed by atoms with Gasteiger partial charge >= 0.3 is 0 Å². The van der Waals surface area contributed by atoms with Crippen LogP contribution < -0.4 is 14.8 Å². The van der Waals surface area contributed by atoms with Crippen LogP contribution in [-0.4, -0.2) is 62.0 Å². The van der Waals surface area contributed by atoms with Crippen molar-refractivity contribution in [3.8, 4) is 17.2 Å². The first-order chi connectivity index (χ1) is 12.1. The predicted molar refractivity (Wildman–Crippen MR) is 92.1 cm³/mol. The van der Waals surface area contributed by atoms with Crippen LogP contribution in [0.1, 0.15) is 31.4 Å². The van der Waals surface area contributed by atoms with E-state index < -0.39 is 6.10 Å². The van der Waals surface area contributed by atoms with Crippen LogP contribution in [0.25, 0.3) is 0 Å². The minimum Gasteiger partial charge on any atom is -0.502 e. The Hall–Kier alpha value is -1.99. The van der Waals surface area contributed by atoms with E-state index in [1.807, 2.05) is 11.8 Å². The largest absolute Gasteiger partial charge is 0.502 e. The third-order valence-electron chi connectivity index (χ3n) is 4.80. The maximum absolute atomic E-state index is 13.0. The van der Waals surface area contributed by atoms with Gasteiger partial charge < -0.3 is 29.5 Å². The summed E-state index contributed by atoms with van der Waals surface area (Å²) in [5.74, 6) is 0.637. The molecule has 0 radical (unpaired) electrons. The van der Waals surface area contributed by atoms with Crippen molar-refractivity contribution in [2.45, 2.75) is 38.0 Å². The van der Waals surface area contributed by atoms with Crippen LogP contribution in [0, 0.1) is 0 Å². The standard InChI is InChI=1S/C18H26N2O5/c1-11(12-8-14(23-2)17(21)15(9-12)24-3)20(13-4-5-13)18(22)16-10-19-6-7-25-16/h8-9,11,13,16,19,21H,4-7,10H2,1-3H3/t11-,16+/m0/s1. The zero-order chi connectivity index (χ0) is 18.0. The lowest BCUT2D eigenvalue weighted by atomic mass is 10.0. The number of carbonyl (C=O) groups excluding carboxylic acids is 1. The molecule has 0 spiro atoms. The number of methoxy groups -OCH3 is 2. The number of amides is 1. The second kappa shape index (κ2) is 7.49. The third kappa shape index (κ3) is 3.67. The zero-order valence-electron chi connectivity index (χ0n) is 14.9. The molecule has 1 saturated carbocycles. The number of benzene rings is 1. The number of aromatic hydroxyl groups is 1. The lowest BCUT2D eigenvalue weighted by Gasteiger charge is -2.34. The van der Waals surface area contributed by atoms with E-state index in [4.69, 9.17) is 14.2 Å². The third-order valence-corrected chi connectivity index (χ3v) is 4.80. The van der Waals surface area contributed by atoms with E-state index in [9.17, 15) is 9.90 Å². The quantitative estimate of drug-likeness (QED) is 0.808. The molecule has 2 N–H and O–H groups in total. The molecule has 7 heteroatoms. The fourth-order valence-electron chi connectivity index (χ4n) is 3.25. The summed E-state index contributed by atoms with van der Waals surface area (Å²) in [5.41, 5.74) is 0.857. The second-order valence-corrected chi connectivity index (χ2v) is 6.49. The van der Waals surface area contributed by atoms with Gasteiger partial charge in [-0.3, -0.25) is 4.79 Å². The van der Waals surface area contributed by atoms with Gasteiger partial charge in [-0.05, 0) is 37.5 Å². The van der Waals surface area contributed by atoms with E-state index in [2.05, 4.69) is 5.32 Å². The summed E-state index contributed by atoms with van der Waals surface area (Å²) in [6.45, 7) is 3.84. The Bertz CT molecular complexity index is 601. The fourth-order valence-corrected chi connectivity index (χ4v) is 3.25. The van der Waals surface area contributed by atoms with Crippen molar-refractivity contribution in [1.82, 2.24) is 10.2 Å². The summed E-state index contributed by atoms with van der Waals surface area (Å²) in [6.07, 6.45) is 1.56. The zero-order valence-corrected chi connectivity index (χ0v) is 14.9. The van der Waals surface area contributed by atoms with Gasteiger partial charge in [-0.25, -0.2) is 0 Å². The first-order valence-corrected chi connectivity index (χ1v) is 8.66. The molecule has 7 nitrogen and oxygen atoms in total. The number of morpholine rings is 1. The van der Waals surface area contributed by atoms with Crippen LogP contribution in [0.5, 0.6) is 17.2 Å². The Kier molecular flexibility index (Phi) is 5.34. The molecule has 1 aliphatic heterocycles. The maximum Gasteiger partial charge on any atom is 0.253 e. The SMILES string of the molecule is COc1cc([C@H](C)N(C(=O)[C@H]2CNCCO2)C2CC2)cc(OC)c1O. The molecule has 0 bridgehead atoms. The Labute approximate surface area is 147 Å². The van der Waals surface area contributed by atoms with Gasteiger partial charge in [-0.1, -0.05) is 0 Å². The minimum atomic E-state index is -0.447. The number of ether oxygens (including phenoxy) is 3. The number of phenolic OH excluding ortho intramolecular Hbond substituents is 1. The highest BCUT2D eigenvalue weighted by Gasteiger charge is 2.40. The number of nitrogens with one attached hydrogen (secondary N) is 1. The summed E-state index contributed by atoms with van der Waals surface area (Å²) in [7, 11) is 2.99. The van der Waals surface area contributed by atoms with Gasteiger partial charge in [0.05, 0.1) is 26.9 Å². The van der Waals surface area contributed by atoms with Crippen molar-refractivity contribution in [3.63, 3.8) is 0 Å². The molecule has 138 valence electrons. The molecule has 0 aromatic heterocycles. The van der Waals surface area contributed by atoms with Gasteiger partial charge in [0.2, 0.25) is 5.75 Å². The van der Waals surface area contributed by atoms with Crippen LogP contribution in [0.15, 0.2) is 12.1 Å². The van der Waals surface area contributed by atoms with Gasteiger partial charge in [-0.2, -0.15) is 0 Å². The average molecular weight is 350 g/mol. The first-order valence-electron chi connectivity index (χ1n) is 8.66. The van der Waals surface area contributed by atoms with Crippen LogP contribution >= 0.6 is 0 Å². The number of hydrogen-bond acceptors (Lipinski definition) is 6. The fraction of sp³-hybridized carbons (Fsp3) is 0.611. The molecular weight excluding hydrogens is 324 g/mol. The van der Waals surface area contributed by atoms with Crippen molar-refractivity contribution < 1.29 is 24.1 Å². The van der Waals surface area contributed by atoms with E-state index in [0.29, 0.717) is 24.7 Å². The van der Waals surface area contributed by atoms with E-state index in [1.54, 1.807) is 12.1 Å². The molecule has 1 aliphatic carbocycles. The highest BCUT2D eigenvalue weighted by atomic mass is 16.5. The van der Waals surface area contributed by atoms with E-state index >= 15 is 0 Å². The lowest BCUT2D eigenvalue weighted by Crippen LogP contribution is -2.50. The van der Waals surface area contributed by atoms with Crippen molar-refractivity contribution in [1.29, 1.82) is 0 Å². The van der Waals surface area contributed by atoms with Crippen LogP contribution in [0.3, 0.4) is 0 Å². The van der Waals surface area contributed by atoms with E-state index in [0.717, 1.165) is 24.9 Å². The maximum atomic E-state index is 13.0. The number of carbonyl (C=O) groups is 1. The Morgan fingerprint density at radius 1 is 1.32 bits per heavy atom. The van der Waals surface area contributed by atoms with Crippen molar-refractivity contribution in [3.05, 3.63) is 17.7 Å². The molecule has 1 amide bonds. The molecular formula is C18H26N2O5. The van der Waals surface area contributed by atoms with Crippen LogP contribution in [0.4, 0.5) is 0 Å². The number of hydrogen-bond donors (Lipinski definition) is 2. The second-order valence-electron chi connectivity index (χ2n) is 6.49. The highest BCUT2D eigenvalue weighted by Crippen LogP contribution is 2.42. The van der Waals surface area contributed by atoms with Crippen molar-refractivity contribution >= 4 is 5.91 Å². The van der Waals surface area contributed by atoms with Crippen molar-refractivity contribution in [2.24, 2.45) is 0 Å². The van der Waals surface area contributed by atoms with Gasteiger partial charge in [0.1, 0.15) is 6.10 Å². The highest BCUT2D eigenvalue weighted by molar-refractivity contribution is 5.82. The van der Waals surface area contributed by atoms with Crippen LogP contribution in [-0.2, 0) is 9.53 Å². The topological polar surface area (TPSA) is 80.3 Å². The average Bonchev–Trinajstić information content (AvgIpc) is 3.47. The Morgan fingerprint density at radius 3 is 2.44 bits per heavy atom. The first kappa shape index (κ1) is 17.8. The van der Waals surface area contributed by atoms with Gasteiger partial charge in [-0.15, -0.1) is 0 Å². The van der Waals surface area contributed by atoms with E-state index in [1.165, 1.54) is 14.2 Å². The summed E-state index contributed by atoms with van der Waals surface area (Å²) >= 11 is 0. The Morgan fingerprint density at radius 2 is 1.96 bits per heavy atom. The monoisotopic (exact) mass is 350 g/mol. The summed E-state index contributed by atoms with van der Waals surface area (Å²) in [5, 5.41) is 13.3. The Balaban J connectivity index is 1.88. The molecule has 2 aliphatic rings. The number of phenols is 1. The molecule has 2 fully saturated rings. The predicted octanol–water partition coefficient (Wildman–Crippen LogP) is 1.45. The summed E-state index contributed by atoms with van der Waals surface area (Å²) < 4.78 is 16.1. The van der Waals surface area contributed by atoms with Gasteiger partial charge in [0, 0.05) is 19.1 Å². The summed E-state index contributed by atoms with van der Waals surface area (Å²) in [6, 6.07) is 3.57. The van der Waals surface area contributed by atoms with Gasteiger partial charge in [0.25, 0.3) is 5.91 Å². The molecule has 0 unspecified atom stereocenters. The molecule has 1 aromatic carbocycles. The van der Waals surface area contributed by atoms with E-state index in [-0.39, 0.29) is 23.7 Å². The molecule has 3 rings (SSSR count). The molecule has 25 heavy (non-hydrogen) atoms.